The lowest BCUT2D eigenvalue weighted by Gasteiger charge is -2.07. The molecule has 0 saturated carbocycles. The van der Waals surface area contributed by atoms with Gasteiger partial charge in [0.05, 0.1) is 17.3 Å². The van der Waals surface area contributed by atoms with Crippen LogP contribution in [0.5, 0.6) is 0 Å². The molecule has 0 atom stereocenters. The first-order valence-corrected chi connectivity index (χ1v) is 9.84. The summed E-state index contributed by atoms with van der Waals surface area (Å²) in [6.07, 6.45) is 5.41. The highest BCUT2D eigenvalue weighted by Crippen LogP contribution is 2.29. The standard InChI is InChI=1S/C24H19N5O2/c1-29-15-19(14-27-29)22-11-16(9-10-25-22)13-26-24(30)18-7-8-21-20(12-18)23(31-28-21)17-5-3-2-4-6-17/h2-12,14-15H,13H2,1H3,(H,26,30). The van der Waals surface area contributed by atoms with Crippen molar-refractivity contribution in [1.29, 1.82) is 0 Å². The molecule has 3 heterocycles. The second-order valence-electron chi connectivity index (χ2n) is 7.24. The van der Waals surface area contributed by atoms with Crippen molar-refractivity contribution < 1.29 is 9.32 Å². The molecule has 7 nitrogen and oxygen atoms in total. The lowest BCUT2D eigenvalue weighted by molar-refractivity contribution is 0.0951. The third-order valence-corrected chi connectivity index (χ3v) is 5.05. The number of hydrogen-bond acceptors (Lipinski definition) is 5. The molecule has 5 aromatic rings. The Morgan fingerprint density at radius 1 is 1.06 bits per heavy atom. The number of carbonyl (C=O) groups excluding carboxylic acids is 1. The van der Waals surface area contributed by atoms with Gasteiger partial charge in [-0.1, -0.05) is 35.5 Å². The summed E-state index contributed by atoms with van der Waals surface area (Å²) < 4.78 is 7.26. The molecule has 0 aliphatic carbocycles. The van der Waals surface area contributed by atoms with Crippen LogP contribution in [0.25, 0.3) is 33.5 Å². The van der Waals surface area contributed by atoms with E-state index in [2.05, 4.69) is 20.6 Å². The molecule has 7 heteroatoms. The molecule has 0 bridgehead atoms. The van der Waals surface area contributed by atoms with Gasteiger partial charge in [0.1, 0.15) is 5.52 Å². The zero-order valence-electron chi connectivity index (χ0n) is 16.8. The third-order valence-electron chi connectivity index (χ3n) is 5.05. The summed E-state index contributed by atoms with van der Waals surface area (Å²) in [6, 6.07) is 18.9. The summed E-state index contributed by atoms with van der Waals surface area (Å²) in [5.41, 5.74) is 4.89. The fourth-order valence-corrected chi connectivity index (χ4v) is 3.46. The maximum Gasteiger partial charge on any atom is 0.251 e. The van der Waals surface area contributed by atoms with Gasteiger partial charge in [-0.25, -0.2) is 0 Å². The minimum atomic E-state index is -0.165. The second kappa shape index (κ2) is 7.87. The van der Waals surface area contributed by atoms with E-state index in [0.717, 1.165) is 27.8 Å². The summed E-state index contributed by atoms with van der Waals surface area (Å²) in [5, 5.41) is 12.1. The maximum absolute atomic E-state index is 12.8. The summed E-state index contributed by atoms with van der Waals surface area (Å²) in [6.45, 7) is 0.391. The van der Waals surface area contributed by atoms with Crippen molar-refractivity contribution in [3.8, 4) is 22.6 Å². The number of aryl methyl sites for hydroxylation is 1. The van der Waals surface area contributed by atoms with Crippen molar-refractivity contribution in [1.82, 2.24) is 25.2 Å². The zero-order chi connectivity index (χ0) is 21.2. The molecule has 0 fully saturated rings. The fraction of sp³-hybridized carbons (Fsp3) is 0.0833. The zero-order valence-corrected chi connectivity index (χ0v) is 16.8. The van der Waals surface area contributed by atoms with Gasteiger partial charge in [-0.05, 0) is 35.9 Å². The van der Waals surface area contributed by atoms with Crippen molar-refractivity contribution in [2.45, 2.75) is 6.54 Å². The SMILES string of the molecule is Cn1cc(-c2cc(CNC(=O)c3ccc4noc(-c5ccccc5)c4c3)ccn2)cn1. The van der Waals surface area contributed by atoms with Crippen LogP contribution >= 0.6 is 0 Å². The van der Waals surface area contributed by atoms with Gasteiger partial charge in [0, 0.05) is 42.7 Å². The number of hydrogen-bond donors (Lipinski definition) is 1. The van der Waals surface area contributed by atoms with Gasteiger partial charge < -0.3 is 9.84 Å². The maximum atomic E-state index is 12.8. The summed E-state index contributed by atoms with van der Waals surface area (Å²) in [5.74, 6) is 0.488. The molecule has 5 rings (SSSR count). The highest BCUT2D eigenvalue weighted by atomic mass is 16.5. The van der Waals surface area contributed by atoms with E-state index in [9.17, 15) is 4.79 Å². The Kier molecular flexibility index (Phi) is 4.76. The smallest absolute Gasteiger partial charge is 0.251 e. The van der Waals surface area contributed by atoms with Crippen LogP contribution in [0.4, 0.5) is 0 Å². The predicted molar refractivity (Wildman–Crippen MR) is 117 cm³/mol. The second-order valence-corrected chi connectivity index (χ2v) is 7.24. The van der Waals surface area contributed by atoms with Gasteiger partial charge in [0.2, 0.25) is 0 Å². The van der Waals surface area contributed by atoms with Crippen molar-refractivity contribution >= 4 is 16.8 Å². The van der Waals surface area contributed by atoms with E-state index < -0.39 is 0 Å². The number of nitrogens with zero attached hydrogens (tertiary/aromatic N) is 4. The number of aromatic nitrogens is 4. The largest absolute Gasteiger partial charge is 0.355 e. The summed E-state index contributed by atoms with van der Waals surface area (Å²) in [4.78, 5) is 17.2. The van der Waals surface area contributed by atoms with E-state index in [1.165, 1.54) is 0 Å². The van der Waals surface area contributed by atoms with Gasteiger partial charge in [0.25, 0.3) is 5.91 Å². The highest BCUT2D eigenvalue weighted by molar-refractivity contribution is 6.00. The molecular formula is C24H19N5O2. The lowest BCUT2D eigenvalue weighted by Crippen LogP contribution is -2.22. The van der Waals surface area contributed by atoms with Crippen LogP contribution in [-0.2, 0) is 13.6 Å². The first kappa shape index (κ1) is 18.7. The van der Waals surface area contributed by atoms with E-state index in [-0.39, 0.29) is 5.91 Å². The highest BCUT2D eigenvalue weighted by Gasteiger charge is 2.14. The van der Waals surface area contributed by atoms with E-state index >= 15 is 0 Å². The molecule has 0 radical (unpaired) electrons. The quantitative estimate of drug-likeness (QED) is 0.470. The fourth-order valence-electron chi connectivity index (χ4n) is 3.46. The van der Waals surface area contributed by atoms with Crippen molar-refractivity contribution in [2.24, 2.45) is 7.05 Å². The number of amides is 1. The predicted octanol–water partition coefficient (Wildman–Crippen LogP) is 4.22. The first-order chi connectivity index (χ1) is 15.2. The number of nitrogens with one attached hydrogen (secondary N) is 1. The average molecular weight is 409 g/mol. The number of rotatable bonds is 5. The Hall–Kier alpha value is -4.26. The molecule has 2 aromatic carbocycles. The van der Waals surface area contributed by atoms with Crippen LogP contribution in [0.1, 0.15) is 15.9 Å². The number of pyridine rings is 1. The normalized spacial score (nSPS) is 11.0. The Morgan fingerprint density at radius 3 is 2.74 bits per heavy atom. The summed E-state index contributed by atoms with van der Waals surface area (Å²) >= 11 is 0. The minimum absolute atomic E-state index is 0.165. The van der Waals surface area contributed by atoms with Gasteiger partial charge in [-0.15, -0.1) is 0 Å². The lowest BCUT2D eigenvalue weighted by atomic mass is 10.1. The van der Waals surface area contributed by atoms with Crippen LogP contribution in [0.15, 0.2) is 83.8 Å². The number of carbonyl (C=O) groups is 1. The number of benzene rings is 2. The molecule has 31 heavy (non-hydrogen) atoms. The van der Waals surface area contributed by atoms with Crippen molar-refractivity contribution in [3.63, 3.8) is 0 Å². The average Bonchev–Trinajstić information content (AvgIpc) is 3.44. The van der Waals surface area contributed by atoms with Gasteiger partial charge in [-0.3, -0.25) is 14.5 Å². The molecule has 152 valence electrons. The van der Waals surface area contributed by atoms with Crippen LogP contribution in [0.3, 0.4) is 0 Å². The molecule has 1 amide bonds. The van der Waals surface area contributed by atoms with Crippen LogP contribution < -0.4 is 5.32 Å². The first-order valence-electron chi connectivity index (χ1n) is 9.84. The molecule has 3 aromatic heterocycles. The van der Waals surface area contributed by atoms with E-state index in [1.54, 1.807) is 29.2 Å². The molecule has 0 spiro atoms. The summed E-state index contributed by atoms with van der Waals surface area (Å²) in [7, 11) is 1.86. The van der Waals surface area contributed by atoms with Crippen molar-refractivity contribution in [3.05, 3.63) is 90.4 Å². The molecule has 0 saturated heterocycles. The Labute approximate surface area is 178 Å². The molecule has 0 aliphatic rings. The minimum Gasteiger partial charge on any atom is -0.355 e. The van der Waals surface area contributed by atoms with Crippen LogP contribution in [0.2, 0.25) is 0 Å². The van der Waals surface area contributed by atoms with E-state index in [4.69, 9.17) is 4.52 Å². The Bertz CT molecular complexity index is 1370. The Balaban J connectivity index is 1.35. The monoisotopic (exact) mass is 409 g/mol. The van der Waals surface area contributed by atoms with Crippen LogP contribution in [0, 0.1) is 0 Å². The third kappa shape index (κ3) is 3.81. The van der Waals surface area contributed by atoms with Gasteiger partial charge in [-0.2, -0.15) is 5.10 Å². The Morgan fingerprint density at radius 2 is 1.94 bits per heavy atom. The van der Waals surface area contributed by atoms with Gasteiger partial charge in [0.15, 0.2) is 5.76 Å². The molecule has 1 N–H and O–H groups in total. The van der Waals surface area contributed by atoms with Crippen LogP contribution in [-0.4, -0.2) is 25.8 Å². The molecule has 0 aliphatic heterocycles. The molecular weight excluding hydrogens is 390 g/mol. The number of fused-ring (bicyclic) bond motifs is 1. The molecule has 0 unspecified atom stereocenters. The topological polar surface area (TPSA) is 85.8 Å². The van der Waals surface area contributed by atoms with Crippen molar-refractivity contribution in [2.75, 3.05) is 0 Å². The van der Waals surface area contributed by atoms with E-state index in [0.29, 0.717) is 23.4 Å². The van der Waals surface area contributed by atoms with Gasteiger partial charge >= 0.3 is 0 Å². The van der Waals surface area contributed by atoms with E-state index in [1.807, 2.05) is 61.8 Å².